The molecule has 2 aromatic carbocycles. The summed E-state index contributed by atoms with van der Waals surface area (Å²) >= 11 is 6.06. The molecule has 0 aliphatic carbocycles. The maximum atomic E-state index is 13.4. The van der Waals surface area contributed by atoms with E-state index in [0.29, 0.717) is 11.1 Å². The zero-order chi connectivity index (χ0) is 13.8. The Labute approximate surface area is 118 Å². The third-order valence-electron chi connectivity index (χ3n) is 2.91. The number of hydrogen-bond acceptors (Lipinski definition) is 1. The van der Waals surface area contributed by atoms with Crippen LogP contribution in [0, 0.1) is 5.82 Å². The number of nitrogens with one attached hydrogen (secondary N) is 1. The molecule has 0 bridgehead atoms. The normalized spacial score (nSPS) is 11.0. The third-order valence-corrected chi connectivity index (χ3v) is 3.14. The van der Waals surface area contributed by atoms with Gasteiger partial charge in [0, 0.05) is 17.6 Å². The van der Waals surface area contributed by atoms with Gasteiger partial charge in [0.1, 0.15) is 5.82 Å². The Balaban J connectivity index is 2.39. The number of benzene rings is 2. The topological polar surface area (TPSA) is 12.0 Å². The van der Waals surface area contributed by atoms with Crippen molar-refractivity contribution in [2.45, 2.75) is 26.4 Å². The molecule has 2 rings (SSSR count). The van der Waals surface area contributed by atoms with Crippen LogP contribution in [0.1, 0.15) is 19.4 Å². The smallest absolute Gasteiger partial charge is 0.123 e. The average Bonchev–Trinajstić information content (AvgIpc) is 2.37. The predicted octanol–water partition coefficient (Wildman–Crippen LogP) is 4.64. The quantitative estimate of drug-likeness (QED) is 0.858. The van der Waals surface area contributed by atoms with E-state index < -0.39 is 0 Å². The third kappa shape index (κ3) is 3.79. The highest BCUT2D eigenvalue weighted by Crippen LogP contribution is 2.27. The molecule has 0 spiro atoms. The van der Waals surface area contributed by atoms with Crippen molar-refractivity contribution in [1.29, 1.82) is 0 Å². The van der Waals surface area contributed by atoms with Crippen molar-refractivity contribution in [2.75, 3.05) is 0 Å². The van der Waals surface area contributed by atoms with Crippen molar-refractivity contribution in [1.82, 2.24) is 5.32 Å². The SMILES string of the molecule is CC(C)NCc1ccc(Cl)cc1-c1cccc(F)c1. The minimum Gasteiger partial charge on any atom is -0.310 e. The molecule has 0 saturated heterocycles. The van der Waals surface area contributed by atoms with Crippen LogP contribution in [0.2, 0.25) is 5.02 Å². The molecule has 2 aromatic rings. The van der Waals surface area contributed by atoms with Gasteiger partial charge in [0.05, 0.1) is 0 Å². The van der Waals surface area contributed by atoms with Gasteiger partial charge in [0.25, 0.3) is 0 Å². The standard InChI is InChI=1S/C16H17ClFN/c1-11(2)19-10-13-6-7-14(17)9-16(13)12-4-3-5-15(18)8-12/h3-9,11,19H,10H2,1-2H3. The van der Waals surface area contributed by atoms with Crippen molar-refractivity contribution in [3.05, 3.63) is 58.9 Å². The van der Waals surface area contributed by atoms with E-state index in [9.17, 15) is 4.39 Å². The molecule has 0 unspecified atom stereocenters. The molecular formula is C16H17ClFN. The fourth-order valence-electron chi connectivity index (χ4n) is 1.94. The number of rotatable bonds is 4. The van der Waals surface area contributed by atoms with Crippen molar-refractivity contribution >= 4 is 11.6 Å². The van der Waals surface area contributed by atoms with E-state index in [0.717, 1.165) is 23.2 Å². The van der Waals surface area contributed by atoms with Crippen molar-refractivity contribution in [2.24, 2.45) is 0 Å². The largest absolute Gasteiger partial charge is 0.310 e. The van der Waals surface area contributed by atoms with Gasteiger partial charge in [-0.25, -0.2) is 4.39 Å². The molecule has 1 nitrogen and oxygen atoms in total. The summed E-state index contributed by atoms with van der Waals surface area (Å²) in [5.41, 5.74) is 2.94. The lowest BCUT2D eigenvalue weighted by molar-refractivity contribution is 0.589. The van der Waals surface area contributed by atoms with E-state index in [4.69, 9.17) is 11.6 Å². The summed E-state index contributed by atoms with van der Waals surface area (Å²) in [6.07, 6.45) is 0. The highest BCUT2D eigenvalue weighted by molar-refractivity contribution is 6.30. The highest BCUT2D eigenvalue weighted by Gasteiger charge is 2.07. The molecule has 0 heterocycles. The Morgan fingerprint density at radius 1 is 1.16 bits per heavy atom. The van der Waals surface area contributed by atoms with Crippen LogP contribution in [0.4, 0.5) is 4.39 Å². The van der Waals surface area contributed by atoms with Gasteiger partial charge in [-0.3, -0.25) is 0 Å². The summed E-state index contributed by atoms with van der Waals surface area (Å²) in [5.74, 6) is -0.236. The van der Waals surface area contributed by atoms with Gasteiger partial charge in [-0.05, 0) is 41.0 Å². The number of halogens is 2. The van der Waals surface area contributed by atoms with Gasteiger partial charge in [-0.2, -0.15) is 0 Å². The molecule has 0 radical (unpaired) electrons. The van der Waals surface area contributed by atoms with Crippen LogP contribution in [-0.2, 0) is 6.54 Å². The molecule has 3 heteroatoms. The Morgan fingerprint density at radius 2 is 1.95 bits per heavy atom. The van der Waals surface area contributed by atoms with E-state index in [1.165, 1.54) is 12.1 Å². The van der Waals surface area contributed by atoms with E-state index >= 15 is 0 Å². The van der Waals surface area contributed by atoms with E-state index in [1.807, 2.05) is 24.3 Å². The maximum absolute atomic E-state index is 13.4. The lowest BCUT2D eigenvalue weighted by Crippen LogP contribution is -2.22. The van der Waals surface area contributed by atoms with Gasteiger partial charge < -0.3 is 5.32 Å². The van der Waals surface area contributed by atoms with E-state index in [1.54, 1.807) is 6.07 Å². The van der Waals surface area contributed by atoms with Gasteiger partial charge >= 0.3 is 0 Å². The Hall–Kier alpha value is -1.38. The first-order valence-electron chi connectivity index (χ1n) is 6.34. The van der Waals surface area contributed by atoms with Gasteiger partial charge in [0.2, 0.25) is 0 Å². The molecule has 0 aromatic heterocycles. The van der Waals surface area contributed by atoms with Gasteiger partial charge in [0.15, 0.2) is 0 Å². The Morgan fingerprint density at radius 3 is 2.63 bits per heavy atom. The summed E-state index contributed by atoms with van der Waals surface area (Å²) in [6, 6.07) is 12.7. The molecule has 19 heavy (non-hydrogen) atoms. The zero-order valence-corrected chi connectivity index (χ0v) is 11.8. The first-order chi connectivity index (χ1) is 9.06. The first kappa shape index (κ1) is 14.0. The molecule has 1 N–H and O–H groups in total. The highest BCUT2D eigenvalue weighted by atomic mass is 35.5. The van der Waals surface area contributed by atoms with E-state index in [2.05, 4.69) is 19.2 Å². The second kappa shape index (κ2) is 6.18. The summed E-state index contributed by atoms with van der Waals surface area (Å²) in [5, 5.41) is 4.03. The summed E-state index contributed by atoms with van der Waals surface area (Å²) in [4.78, 5) is 0. The second-order valence-electron chi connectivity index (χ2n) is 4.85. The van der Waals surface area contributed by atoms with Crippen LogP contribution < -0.4 is 5.32 Å². The molecule has 0 amide bonds. The lowest BCUT2D eigenvalue weighted by atomic mass is 9.99. The molecule has 0 atom stereocenters. The van der Waals surface area contributed by atoms with Crippen LogP contribution in [-0.4, -0.2) is 6.04 Å². The van der Waals surface area contributed by atoms with Crippen LogP contribution in [0.15, 0.2) is 42.5 Å². The molecule has 0 saturated carbocycles. The van der Waals surface area contributed by atoms with Crippen molar-refractivity contribution < 1.29 is 4.39 Å². The van der Waals surface area contributed by atoms with Crippen molar-refractivity contribution in [3.63, 3.8) is 0 Å². The molecule has 0 aliphatic rings. The zero-order valence-electron chi connectivity index (χ0n) is 11.1. The van der Waals surface area contributed by atoms with Gasteiger partial charge in [-0.15, -0.1) is 0 Å². The molecule has 100 valence electrons. The summed E-state index contributed by atoms with van der Waals surface area (Å²) in [6.45, 7) is 4.93. The monoisotopic (exact) mass is 277 g/mol. The predicted molar refractivity (Wildman–Crippen MR) is 78.8 cm³/mol. The first-order valence-corrected chi connectivity index (χ1v) is 6.72. The van der Waals surface area contributed by atoms with Crippen LogP contribution >= 0.6 is 11.6 Å². The average molecular weight is 278 g/mol. The maximum Gasteiger partial charge on any atom is 0.123 e. The van der Waals surface area contributed by atoms with Crippen LogP contribution in [0.25, 0.3) is 11.1 Å². The minimum absolute atomic E-state index is 0.236. The fraction of sp³-hybridized carbons (Fsp3) is 0.250. The summed E-state index contributed by atoms with van der Waals surface area (Å²) < 4.78 is 13.4. The van der Waals surface area contributed by atoms with Crippen LogP contribution in [0.3, 0.4) is 0 Å². The summed E-state index contributed by atoms with van der Waals surface area (Å²) in [7, 11) is 0. The lowest BCUT2D eigenvalue weighted by Gasteiger charge is -2.13. The second-order valence-corrected chi connectivity index (χ2v) is 5.28. The van der Waals surface area contributed by atoms with Gasteiger partial charge in [-0.1, -0.05) is 43.6 Å². The van der Waals surface area contributed by atoms with E-state index in [-0.39, 0.29) is 5.82 Å². The minimum atomic E-state index is -0.236. The molecule has 0 aliphatic heterocycles. The fourth-order valence-corrected chi connectivity index (χ4v) is 2.11. The Kier molecular flexibility index (Phi) is 4.56. The molecule has 0 fully saturated rings. The Bertz CT molecular complexity index is 566. The number of hydrogen-bond donors (Lipinski definition) is 1. The van der Waals surface area contributed by atoms with Crippen LogP contribution in [0.5, 0.6) is 0 Å². The molecular weight excluding hydrogens is 261 g/mol. The van der Waals surface area contributed by atoms with Crippen molar-refractivity contribution in [3.8, 4) is 11.1 Å².